The van der Waals surface area contributed by atoms with Crippen molar-refractivity contribution in [1.82, 2.24) is 10.3 Å². The van der Waals surface area contributed by atoms with Crippen LogP contribution < -0.4 is 15.4 Å². The molecule has 0 radical (unpaired) electrons. The lowest BCUT2D eigenvalue weighted by Crippen LogP contribution is -2.41. The molecule has 0 atom stereocenters. The van der Waals surface area contributed by atoms with Crippen LogP contribution in [0.25, 0.3) is 0 Å². The van der Waals surface area contributed by atoms with Crippen LogP contribution in [0.15, 0.2) is 36.4 Å². The first-order chi connectivity index (χ1) is 11.7. The van der Waals surface area contributed by atoms with Gasteiger partial charge in [0.1, 0.15) is 17.1 Å². The van der Waals surface area contributed by atoms with Gasteiger partial charge < -0.3 is 15.4 Å². The number of hydrogen-bond acceptors (Lipinski definition) is 4. The Morgan fingerprint density at radius 2 is 1.72 bits per heavy atom. The molecule has 7 heteroatoms. The maximum absolute atomic E-state index is 12.4. The Kier molecular flexibility index (Phi) is 5.64. The lowest BCUT2D eigenvalue weighted by molar-refractivity contribution is 0.0914. The first kappa shape index (κ1) is 18.7. The first-order valence-electron chi connectivity index (χ1n) is 7.64. The molecule has 1 heterocycles. The van der Waals surface area contributed by atoms with Gasteiger partial charge in [-0.05, 0) is 51.1 Å². The van der Waals surface area contributed by atoms with Gasteiger partial charge in [0.2, 0.25) is 0 Å². The smallest absolute Gasteiger partial charge is 0.274 e. The standard InChI is InChI=1S/C18H20ClN3O3/c1-18(2,3)22-17(24)13-7-5-6-12(20-13)16(23)21-14-10-11(19)8-9-15(14)25-4/h5-10H,1-4H3,(H,21,23)(H,22,24). The Morgan fingerprint density at radius 3 is 2.32 bits per heavy atom. The molecule has 132 valence electrons. The SMILES string of the molecule is COc1ccc(Cl)cc1NC(=O)c1cccc(C(=O)NC(C)(C)C)n1. The Balaban J connectivity index is 2.22. The predicted molar refractivity (Wildman–Crippen MR) is 97.4 cm³/mol. The third-order valence-corrected chi connectivity index (χ3v) is 3.35. The van der Waals surface area contributed by atoms with Crippen LogP contribution in [0.1, 0.15) is 41.7 Å². The number of pyridine rings is 1. The van der Waals surface area contributed by atoms with E-state index >= 15 is 0 Å². The second-order valence-corrected chi connectivity index (χ2v) is 6.85. The zero-order valence-corrected chi connectivity index (χ0v) is 15.3. The molecule has 0 saturated heterocycles. The summed E-state index contributed by atoms with van der Waals surface area (Å²) >= 11 is 5.96. The maximum atomic E-state index is 12.4. The molecular weight excluding hydrogens is 342 g/mol. The fourth-order valence-corrected chi connectivity index (χ4v) is 2.23. The first-order valence-corrected chi connectivity index (χ1v) is 8.02. The zero-order valence-electron chi connectivity index (χ0n) is 14.5. The Morgan fingerprint density at radius 1 is 1.08 bits per heavy atom. The van der Waals surface area contributed by atoms with E-state index in [2.05, 4.69) is 15.6 Å². The summed E-state index contributed by atoms with van der Waals surface area (Å²) in [6.07, 6.45) is 0. The van der Waals surface area contributed by atoms with E-state index in [0.29, 0.717) is 16.5 Å². The van der Waals surface area contributed by atoms with Crippen LogP contribution in [0, 0.1) is 0 Å². The lowest BCUT2D eigenvalue weighted by atomic mass is 10.1. The Labute approximate surface area is 151 Å². The van der Waals surface area contributed by atoms with Gasteiger partial charge in [0, 0.05) is 10.6 Å². The summed E-state index contributed by atoms with van der Waals surface area (Å²) in [5.41, 5.74) is 0.307. The van der Waals surface area contributed by atoms with E-state index < -0.39 is 11.4 Å². The molecule has 0 bridgehead atoms. The average Bonchev–Trinajstić information content (AvgIpc) is 2.53. The molecule has 25 heavy (non-hydrogen) atoms. The molecule has 0 aliphatic carbocycles. The number of amides is 2. The fraction of sp³-hybridized carbons (Fsp3) is 0.278. The molecule has 6 nitrogen and oxygen atoms in total. The van der Waals surface area contributed by atoms with Gasteiger partial charge in [-0.15, -0.1) is 0 Å². The molecule has 0 unspecified atom stereocenters. The third kappa shape index (κ3) is 5.19. The number of benzene rings is 1. The number of nitrogens with zero attached hydrogens (tertiary/aromatic N) is 1. The maximum Gasteiger partial charge on any atom is 0.274 e. The van der Waals surface area contributed by atoms with Gasteiger partial charge in [0.05, 0.1) is 12.8 Å². The van der Waals surface area contributed by atoms with Gasteiger partial charge in [-0.2, -0.15) is 0 Å². The number of methoxy groups -OCH3 is 1. The number of anilines is 1. The average molecular weight is 362 g/mol. The van der Waals surface area contributed by atoms with Gasteiger partial charge in [-0.3, -0.25) is 9.59 Å². The Hall–Kier alpha value is -2.60. The topological polar surface area (TPSA) is 80.3 Å². The summed E-state index contributed by atoms with van der Waals surface area (Å²) in [7, 11) is 1.49. The van der Waals surface area contributed by atoms with Crippen LogP contribution in [0.3, 0.4) is 0 Å². The van der Waals surface area contributed by atoms with Crippen molar-refractivity contribution in [2.75, 3.05) is 12.4 Å². The lowest BCUT2D eigenvalue weighted by Gasteiger charge is -2.20. The second kappa shape index (κ2) is 7.53. The van der Waals surface area contributed by atoms with Crippen molar-refractivity contribution in [3.8, 4) is 5.75 Å². The van der Waals surface area contributed by atoms with Crippen molar-refractivity contribution in [2.24, 2.45) is 0 Å². The Bertz CT molecular complexity index is 800. The molecule has 0 aliphatic rings. The van der Waals surface area contributed by atoms with Gasteiger partial charge in [-0.1, -0.05) is 17.7 Å². The molecule has 0 aliphatic heterocycles. The van der Waals surface area contributed by atoms with E-state index in [1.54, 1.807) is 30.3 Å². The molecule has 2 N–H and O–H groups in total. The molecule has 0 fully saturated rings. The molecule has 0 saturated carbocycles. The molecule has 2 aromatic rings. The van der Waals surface area contributed by atoms with E-state index in [0.717, 1.165) is 0 Å². The number of carbonyl (C=O) groups is 2. The number of aromatic nitrogens is 1. The summed E-state index contributed by atoms with van der Waals surface area (Å²) in [6.45, 7) is 5.60. The van der Waals surface area contributed by atoms with Crippen LogP contribution in [0.4, 0.5) is 5.69 Å². The van der Waals surface area contributed by atoms with E-state index in [1.165, 1.54) is 13.2 Å². The monoisotopic (exact) mass is 361 g/mol. The highest BCUT2D eigenvalue weighted by Gasteiger charge is 2.18. The molecule has 1 aromatic carbocycles. The van der Waals surface area contributed by atoms with Crippen LogP contribution in [-0.2, 0) is 0 Å². The molecule has 0 spiro atoms. The quantitative estimate of drug-likeness (QED) is 0.873. The van der Waals surface area contributed by atoms with Crippen molar-refractivity contribution in [1.29, 1.82) is 0 Å². The number of nitrogens with one attached hydrogen (secondary N) is 2. The van der Waals surface area contributed by atoms with Crippen molar-refractivity contribution >= 4 is 29.1 Å². The molecule has 1 aromatic heterocycles. The van der Waals surface area contributed by atoms with Crippen LogP contribution >= 0.6 is 11.6 Å². The van der Waals surface area contributed by atoms with Crippen molar-refractivity contribution in [3.63, 3.8) is 0 Å². The number of hydrogen-bond donors (Lipinski definition) is 2. The highest BCUT2D eigenvalue weighted by Crippen LogP contribution is 2.28. The summed E-state index contributed by atoms with van der Waals surface area (Å²) in [6, 6.07) is 9.57. The normalized spacial score (nSPS) is 10.9. The van der Waals surface area contributed by atoms with Crippen molar-refractivity contribution < 1.29 is 14.3 Å². The minimum atomic E-state index is -0.467. The zero-order chi connectivity index (χ0) is 18.6. The van der Waals surface area contributed by atoms with E-state index in [9.17, 15) is 9.59 Å². The number of ether oxygens (including phenoxy) is 1. The highest BCUT2D eigenvalue weighted by atomic mass is 35.5. The van der Waals surface area contributed by atoms with Crippen molar-refractivity contribution in [2.45, 2.75) is 26.3 Å². The molecule has 2 amide bonds. The number of halogens is 1. The second-order valence-electron chi connectivity index (χ2n) is 6.41. The van der Waals surface area contributed by atoms with E-state index in [-0.39, 0.29) is 17.3 Å². The summed E-state index contributed by atoms with van der Waals surface area (Å²) in [4.78, 5) is 28.8. The van der Waals surface area contributed by atoms with Gasteiger partial charge >= 0.3 is 0 Å². The number of rotatable bonds is 4. The van der Waals surface area contributed by atoms with Crippen molar-refractivity contribution in [3.05, 3.63) is 52.8 Å². The fourth-order valence-electron chi connectivity index (χ4n) is 2.06. The molecular formula is C18H20ClN3O3. The van der Waals surface area contributed by atoms with Gasteiger partial charge in [0.15, 0.2) is 0 Å². The minimum Gasteiger partial charge on any atom is -0.495 e. The summed E-state index contributed by atoms with van der Waals surface area (Å²) in [5.74, 6) is -0.340. The van der Waals surface area contributed by atoms with E-state index in [4.69, 9.17) is 16.3 Å². The largest absolute Gasteiger partial charge is 0.495 e. The molecule has 2 rings (SSSR count). The summed E-state index contributed by atoms with van der Waals surface area (Å²) in [5, 5.41) is 5.96. The van der Waals surface area contributed by atoms with Crippen LogP contribution in [0.5, 0.6) is 5.75 Å². The number of carbonyl (C=O) groups excluding carboxylic acids is 2. The third-order valence-electron chi connectivity index (χ3n) is 3.11. The minimum absolute atomic E-state index is 0.114. The van der Waals surface area contributed by atoms with Crippen LogP contribution in [-0.4, -0.2) is 29.4 Å². The summed E-state index contributed by atoms with van der Waals surface area (Å²) < 4.78 is 5.20. The van der Waals surface area contributed by atoms with Crippen LogP contribution in [0.2, 0.25) is 5.02 Å². The van der Waals surface area contributed by atoms with Gasteiger partial charge in [-0.25, -0.2) is 4.98 Å². The predicted octanol–water partition coefficient (Wildman–Crippen LogP) is 3.52. The van der Waals surface area contributed by atoms with Gasteiger partial charge in [0.25, 0.3) is 11.8 Å². The van der Waals surface area contributed by atoms with E-state index in [1.807, 2.05) is 20.8 Å². The highest BCUT2D eigenvalue weighted by molar-refractivity contribution is 6.31.